The van der Waals surface area contributed by atoms with Gasteiger partial charge in [-0.05, 0) is 27.2 Å². The Bertz CT molecular complexity index is 225. The van der Waals surface area contributed by atoms with Crippen molar-refractivity contribution in [1.29, 1.82) is 0 Å². The summed E-state index contributed by atoms with van der Waals surface area (Å²) < 4.78 is 4.94. The molecule has 0 aliphatic rings. The van der Waals surface area contributed by atoms with Gasteiger partial charge in [-0.15, -0.1) is 0 Å². The number of amides is 1. The van der Waals surface area contributed by atoms with Crippen molar-refractivity contribution in [3.8, 4) is 0 Å². The summed E-state index contributed by atoms with van der Waals surface area (Å²) in [5.74, 6) is -1.07. The third-order valence-corrected chi connectivity index (χ3v) is 1.88. The number of nitrogens with one attached hydrogen (secondary N) is 1. The molecule has 0 atom stereocenters. The number of aliphatic carboxylic acids is 1. The first-order chi connectivity index (χ1) is 6.87. The van der Waals surface area contributed by atoms with Crippen molar-refractivity contribution in [3.05, 3.63) is 0 Å². The van der Waals surface area contributed by atoms with Crippen molar-refractivity contribution in [3.63, 3.8) is 0 Å². The third kappa shape index (κ3) is 7.93. The molecule has 0 saturated carbocycles. The molecule has 0 aromatic rings. The van der Waals surface area contributed by atoms with Crippen LogP contribution < -0.4 is 5.32 Å². The monoisotopic (exact) mass is 217 g/mol. The molecule has 88 valence electrons. The first kappa shape index (κ1) is 13.9. The molecule has 0 spiro atoms. The van der Waals surface area contributed by atoms with Gasteiger partial charge in [0.05, 0.1) is 0 Å². The highest BCUT2D eigenvalue weighted by Crippen LogP contribution is 2.10. The summed E-state index contributed by atoms with van der Waals surface area (Å²) in [5, 5.41) is 11.2. The van der Waals surface area contributed by atoms with Crippen molar-refractivity contribution in [2.24, 2.45) is 0 Å². The van der Waals surface area contributed by atoms with Crippen LogP contribution in [0.5, 0.6) is 0 Å². The summed E-state index contributed by atoms with van der Waals surface area (Å²) in [6.45, 7) is 5.90. The highest BCUT2D eigenvalue weighted by molar-refractivity contribution is 5.78. The molecule has 0 aromatic carbocycles. The van der Waals surface area contributed by atoms with E-state index in [1.165, 1.54) is 0 Å². The molecule has 0 aliphatic heterocycles. The van der Waals surface area contributed by atoms with Crippen LogP contribution in [0.25, 0.3) is 0 Å². The molecule has 0 saturated heterocycles. The minimum absolute atomic E-state index is 0.0208. The number of hydrogen-bond donors (Lipinski definition) is 2. The van der Waals surface area contributed by atoms with Crippen LogP contribution in [-0.4, -0.2) is 35.7 Å². The first-order valence-electron chi connectivity index (χ1n) is 4.98. The molecule has 5 heteroatoms. The van der Waals surface area contributed by atoms with Gasteiger partial charge in [0.25, 0.3) is 0 Å². The van der Waals surface area contributed by atoms with Crippen LogP contribution in [0.3, 0.4) is 0 Å². The normalized spacial score (nSPS) is 11.1. The quantitative estimate of drug-likeness (QED) is 0.661. The Labute approximate surface area is 89.8 Å². The Balaban J connectivity index is 3.90. The number of rotatable bonds is 7. The van der Waals surface area contributed by atoms with Gasteiger partial charge in [-0.3, -0.25) is 9.59 Å². The van der Waals surface area contributed by atoms with E-state index < -0.39 is 11.5 Å². The largest absolute Gasteiger partial charge is 0.481 e. The molecule has 1 amide bonds. The average Bonchev–Trinajstić information content (AvgIpc) is 2.11. The lowest BCUT2D eigenvalue weighted by atomic mass is 9.98. The standard InChI is InChI=1S/C10H19NO4/c1-4-15-7-8(12)11-10(2,3)6-5-9(13)14/h4-7H2,1-3H3,(H,11,12)(H,13,14). The Morgan fingerprint density at radius 3 is 2.47 bits per heavy atom. The van der Waals surface area contributed by atoms with Crippen molar-refractivity contribution >= 4 is 11.9 Å². The second-order valence-corrected chi connectivity index (χ2v) is 3.96. The van der Waals surface area contributed by atoms with E-state index in [2.05, 4.69) is 5.32 Å². The van der Waals surface area contributed by atoms with Crippen LogP contribution >= 0.6 is 0 Å². The van der Waals surface area contributed by atoms with Gasteiger partial charge >= 0.3 is 5.97 Å². The molecule has 15 heavy (non-hydrogen) atoms. The summed E-state index contributed by atoms with van der Waals surface area (Å²) in [5.41, 5.74) is -0.507. The lowest BCUT2D eigenvalue weighted by Crippen LogP contribution is -2.45. The maximum Gasteiger partial charge on any atom is 0.303 e. The number of carboxylic acids is 1. The van der Waals surface area contributed by atoms with Gasteiger partial charge < -0.3 is 15.2 Å². The molecule has 2 N–H and O–H groups in total. The Hall–Kier alpha value is -1.10. The van der Waals surface area contributed by atoms with E-state index >= 15 is 0 Å². The van der Waals surface area contributed by atoms with Crippen molar-refractivity contribution in [2.75, 3.05) is 13.2 Å². The van der Waals surface area contributed by atoms with Gasteiger partial charge in [0, 0.05) is 18.6 Å². The van der Waals surface area contributed by atoms with E-state index in [9.17, 15) is 9.59 Å². The zero-order chi connectivity index (χ0) is 11.9. The van der Waals surface area contributed by atoms with E-state index in [0.717, 1.165) is 0 Å². The third-order valence-electron chi connectivity index (χ3n) is 1.88. The van der Waals surface area contributed by atoms with Gasteiger partial charge in [0.15, 0.2) is 0 Å². The highest BCUT2D eigenvalue weighted by Gasteiger charge is 2.21. The van der Waals surface area contributed by atoms with E-state index in [4.69, 9.17) is 9.84 Å². The lowest BCUT2D eigenvalue weighted by Gasteiger charge is -2.25. The number of hydrogen-bond acceptors (Lipinski definition) is 3. The Kier molecular flexibility index (Phi) is 5.93. The van der Waals surface area contributed by atoms with Gasteiger partial charge in [0.1, 0.15) is 6.61 Å². The van der Waals surface area contributed by atoms with Crippen LogP contribution in [0.2, 0.25) is 0 Å². The first-order valence-corrected chi connectivity index (χ1v) is 4.98. The molecule has 0 fully saturated rings. The van der Waals surface area contributed by atoms with Crippen LogP contribution in [0.15, 0.2) is 0 Å². The number of ether oxygens (including phenoxy) is 1. The van der Waals surface area contributed by atoms with E-state index in [-0.39, 0.29) is 18.9 Å². The number of carbonyl (C=O) groups excluding carboxylic acids is 1. The number of carbonyl (C=O) groups is 2. The van der Waals surface area contributed by atoms with Crippen LogP contribution in [0.1, 0.15) is 33.6 Å². The minimum atomic E-state index is -0.859. The van der Waals surface area contributed by atoms with Gasteiger partial charge in [-0.25, -0.2) is 0 Å². The SMILES string of the molecule is CCOCC(=O)NC(C)(C)CCC(=O)O. The predicted octanol–water partition coefficient (Wildman–Crippen LogP) is 0.782. The molecule has 0 unspecified atom stereocenters. The van der Waals surface area contributed by atoms with E-state index in [1.807, 2.05) is 6.92 Å². The molecule has 0 aliphatic carbocycles. The maximum absolute atomic E-state index is 11.3. The molecular weight excluding hydrogens is 198 g/mol. The molecule has 0 rings (SSSR count). The van der Waals surface area contributed by atoms with Crippen LogP contribution in [0, 0.1) is 0 Å². The fraction of sp³-hybridized carbons (Fsp3) is 0.800. The average molecular weight is 217 g/mol. The number of carboxylic acid groups (broad SMARTS) is 1. The lowest BCUT2D eigenvalue weighted by molar-refractivity contribution is -0.138. The summed E-state index contributed by atoms with van der Waals surface area (Å²) in [6.07, 6.45) is 0.447. The maximum atomic E-state index is 11.3. The fourth-order valence-electron chi connectivity index (χ4n) is 1.09. The summed E-state index contributed by atoms with van der Waals surface area (Å²) in [6, 6.07) is 0. The zero-order valence-electron chi connectivity index (χ0n) is 9.50. The van der Waals surface area contributed by atoms with Gasteiger partial charge in [0.2, 0.25) is 5.91 Å². The molecule has 0 aromatic heterocycles. The second kappa shape index (κ2) is 6.40. The molecule has 0 bridgehead atoms. The summed E-state index contributed by atoms with van der Waals surface area (Å²) in [7, 11) is 0. The predicted molar refractivity (Wildman–Crippen MR) is 55.6 cm³/mol. The van der Waals surface area contributed by atoms with Crippen molar-refractivity contribution < 1.29 is 19.4 Å². The van der Waals surface area contributed by atoms with Crippen LogP contribution in [-0.2, 0) is 14.3 Å². The van der Waals surface area contributed by atoms with Crippen LogP contribution in [0.4, 0.5) is 0 Å². The van der Waals surface area contributed by atoms with Gasteiger partial charge in [-0.2, -0.15) is 0 Å². The summed E-state index contributed by atoms with van der Waals surface area (Å²) in [4.78, 5) is 21.6. The smallest absolute Gasteiger partial charge is 0.303 e. The van der Waals surface area contributed by atoms with Crippen molar-refractivity contribution in [1.82, 2.24) is 5.32 Å². The Morgan fingerprint density at radius 2 is 2.00 bits per heavy atom. The highest BCUT2D eigenvalue weighted by atomic mass is 16.5. The second-order valence-electron chi connectivity index (χ2n) is 3.96. The molecule has 0 radical (unpaired) electrons. The van der Waals surface area contributed by atoms with E-state index in [0.29, 0.717) is 13.0 Å². The Morgan fingerprint density at radius 1 is 1.40 bits per heavy atom. The molecule has 0 heterocycles. The van der Waals surface area contributed by atoms with E-state index in [1.54, 1.807) is 13.8 Å². The topological polar surface area (TPSA) is 75.6 Å². The minimum Gasteiger partial charge on any atom is -0.481 e. The molecule has 5 nitrogen and oxygen atoms in total. The fourth-order valence-corrected chi connectivity index (χ4v) is 1.09. The summed E-state index contributed by atoms with van der Waals surface area (Å²) >= 11 is 0. The molecular formula is C10H19NO4. The van der Waals surface area contributed by atoms with Gasteiger partial charge in [-0.1, -0.05) is 0 Å². The van der Waals surface area contributed by atoms with Crippen molar-refractivity contribution in [2.45, 2.75) is 39.2 Å². The zero-order valence-corrected chi connectivity index (χ0v) is 9.50.